The summed E-state index contributed by atoms with van der Waals surface area (Å²) in [5.41, 5.74) is 1.31. The number of carbonyl (C=O) groups excluding carboxylic acids is 1. The molecular weight excluding hydrogens is 196 g/mol. The van der Waals surface area contributed by atoms with Crippen molar-refractivity contribution in [2.75, 3.05) is 0 Å². The molecule has 0 amide bonds. The molecule has 1 nitrogen and oxygen atoms in total. The Labute approximate surface area is 98.3 Å². The van der Waals surface area contributed by atoms with Gasteiger partial charge in [-0.2, -0.15) is 0 Å². The van der Waals surface area contributed by atoms with Crippen molar-refractivity contribution in [2.45, 2.75) is 51.9 Å². The average Bonchev–Trinajstić information content (AvgIpc) is 2.29. The number of rotatable bonds is 2. The van der Waals surface area contributed by atoms with Crippen LogP contribution in [0.2, 0.25) is 0 Å². The van der Waals surface area contributed by atoms with Crippen molar-refractivity contribution >= 4 is 5.78 Å². The third-order valence-corrected chi connectivity index (χ3v) is 2.41. The van der Waals surface area contributed by atoms with Gasteiger partial charge in [0.15, 0.2) is 0 Å². The van der Waals surface area contributed by atoms with Gasteiger partial charge in [-0.25, -0.2) is 0 Å². The quantitative estimate of drug-likeness (QED) is 0.392. The Balaban J connectivity index is 2.16. The van der Waals surface area contributed by atoms with E-state index >= 15 is 0 Å². The minimum Gasteiger partial charge on any atom is -0.285 e. The molecule has 0 aromatic heterocycles. The molecule has 0 atom stereocenters. The van der Waals surface area contributed by atoms with E-state index in [9.17, 15) is 4.79 Å². The Kier molecular flexibility index (Phi) is 6.12. The number of Topliss-reactive ketones (excluding diaryl/α,β-unsaturated/α-hetero) is 1. The van der Waals surface area contributed by atoms with E-state index in [2.05, 4.69) is 29.8 Å². The van der Waals surface area contributed by atoms with Crippen molar-refractivity contribution in [1.29, 1.82) is 0 Å². The number of hydrogen-bond donors (Lipinski definition) is 0. The first-order chi connectivity index (χ1) is 7.79. The second kappa shape index (κ2) is 7.77. The fraction of sp³-hybridized carbons (Fsp3) is 0.533. The summed E-state index contributed by atoms with van der Waals surface area (Å²) in [6.45, 7) is 1.49. The van der Waals surface area contributed by atoms with Gasteiger partial charge in [-0.1, -0.05) is 23.8 Å². The van der Waals surface area contributed by atoms with Crippen LogP contribution in [0, 0.1) is 23.7 Å². The van der Waals surface area contributed by atoms with Crippen molar-refractivity contribution in [3.63, 3.8) is 0 Å². The van der Waals surface area contributed by atoms with Crippen LogP contribution < -0.4 is 0 Å². The van der Waals surface area contributed by atoms with E-state index in [1.165, 1.54) is 31.8 Å². The third-order valence-electron chi connectivity index (χ3n) is 2.41. The number of allylic oxidation sites excluding steroid dienone is 2. The smallest absolute Gasteiger partial charge is 0.202 e. The maximum absolute atomic E-state index is 10.5. The molecule has 0 bridgehead atoms. The highest BCUT2D eigenvalue weighted by molar-refractivity contribution is 5.93. The molecule has 1 rings (SSSR count). The monoisotopic (exact) mass is 214 g/mol. The van der Waals surface area contributed by atoms with Crippen LogP contribution in [0.25, 0.3) is 0 Å². The summed E-state index contributed by atoms with van der Waals surface area (Å²) < 4.78 is 0. The summed E-state index contributed by atoms with van der Waals surface area (Å²) in [6, 6.07) is 0. The van der Waals surface area contributed by atoms with E-state index in [0.29, 0.717) is 0 Å². The largest absolute Gasteiger partial charge is 0.285 e. The van der Waals surface area contributed by atoms with Gasteiger partial charge in [0.2, 0.25) is 5.78 Å². The Morgan fingerprint density at radius 3 is 2.81 bits per heavy atom. The van der Waals surface area contributed by atoms with Crippen molar-refractivity contribution in [1.82, 2.24) is 0 Å². The topological polar surface area (TPSA) is 17.1 Å². The number of ketones is 1. The Hall–Kier alpha value is -1.47. The highest BCUT2D eigenvalue weighted by Gasteiger charge is 1.98. The van der Waals surface area contributed by atoms with Crippen LogP contribution in [0.3, 0.4) is 0 Å². The molecule has 1 aliphatic carbocycles. The zero-order chi connectivity index (χ0) is 11.6. The van der Waals surface area contributed by atoms with Gasteiger partial charge >= 0.3 is 0 Å². The summed E-state index contributed by atoms with van der Waals surface area (Å²) in [5, 5.41) is 0. The van der Waals surface area contributed by atoms with Gasteiger partial charge in [0.1, 0.15) is 0 Å². The van der Waals surface area contributed by atoms with Gasteiger partial charge in [-0.3, -0.25) is 4.79 Å². The van der Waals surface area contributed by atoms with Crippen LogP contribution in [0.5, 0.6) is 0 Å². The molecule has 16 heavy (non-hydrogen) atoms. The fourth-order valence-electron chi connectivity index (χ4n) is 1.58. The molecule has 0 aromatic carbocycles. The van der Waals surface area contributed by atoms with Crippen LogP contribution >= 0.6 is 0 Å². The van der Waals surface area contributed by atoms with Crippen LogP contribution in [0.15, 0.2) is 11.6 Å². The van der Waals surface area contributed by atoms with Crippen LogP contribution in [0.4, 0.5) is 0 Å². The summed E-state index contributed by atoms with van der Waals surface area (Å²) in [4.78, 5) is 10.5. The van der Waals surface area contributed by atoms with Crippen LogP contribution in [0.1, 0.15) is 51.9 Å². The lowest BCUT2D eigenvalue weighted by Crippen LogP contribution is -1.88. The van der Waals surface area contributed by atoms with Crippen LogP contribution in [-0.4, -0.2) is 5.78 Å². The number of carbonyl (C=O) groups is 1. The molecule has 0 N–H and O–H groups in total. The molecule has 84 valence electrons. The van der Waals surface area contributed by atoms with Gasteiger partial charge in [0.05, 0.1) is 0 Å². The van der Waals surface area contributed by atoms with Gasteiger partial charge < -0.3 is 0 Å². The minimum absolute atomic E-state index is 0.0570. The molecule has 0 saturated carbocycles. The first-order valence-corrected chi connectivity index (χ1v) is 5.96. The van der Waals surface area contributed by atoms with E-state index < -0.39 is 0 Å². The lowest BCUT2D eigenvalue weighted by molar-refractivity contribution is -0.111. The van der Waals surface area contributed by atoms with Gasteiger partial charge in [-0.15, -0.1) is 0 Å². The second-order valence-corrected chi connectivity index (χ2v) is 3.99. The molecule has 1 heteroatoms. The lowest BCUT2D eigenvalue weighted by Gasteiger charge is -2.05. The van der Waals surface area contributed by atoms with Gasteiger partial charge in [0.25, 0.3) is 0 Å². The Bertz CT molecular complexity index is 379. The fourth-order valence-corrected chi connectivity index (χ4v) is 1.58. The Morgan fingerprint density at radius 1 is 1.31 bits per heavy atom. The lowest BCUT2D eigenvalue weighted by atomic mass is 10.00. The molecule has 0 aromatic rings. The molecule has 0 fully saturated rings. The SMILES string of the molecule is CC(=O)C#CCCCC#CC1=CCCCC1. The zero-order valence-electron chi connectivity index (χ0n) is 9.94. The molecule has 0 spiro atoms. The standard InChI is InChI=1S/C15H18O/c1-14(16)10-6-3-2-4-7-11-15-12-8-5-9-13-15/h12H,2-5,8-9,13H2,1H3. The summed E-state index contributed by atoms with van der Waals surface area (Å²) >= 11 is 0. The normalized spacial score (nSPS) is 13.9. The van der Waals surface area contributed by atoms with Crippen molar-refractivity contribution in [2.24, 2.45) is 0 Å². The van der Waals surface area contributed by atoms with Crippen molar-refractivity contribution in [3.05, 3.63) is 11.6 Å². The van der Waals surface area contributed by atoms with Crippen molar-refractivity contribution in [3.8, 4) is 23.7 Å². The molecule has 0 heterocycles. The van der Waals surface area contributed by atoms with E-state index in [-0.39, 0.29) is 5.78 Å². The van der Waals surface area contributed by atoms with Gasteiger partial charge in [-0.05, 0) is 43.6 Å². The van der Waals surface area contributed by atoms with E-state index in [1.54, 1.807) is 0 Å². The van der Waals surface area contributed by atoms with E-state index in [0.717, 1.165) is 25.7 Å². The Morgan fingerprint density at radius 2 is 2.12 bits per heavy atom. The minimum atomic E-state index is -0.0570. The highest BCUT2D eigenvalue weighted by atomic mass is 16.1. The summed E-state index contributed by atoms with van der Waals surface area (Å²) in [7, 11) is 0. The predicted octanol–water partition coefficient (Wildman–Crippen LogP) is 3.25. The first kappa shape index (κ1) is 12.6. The average molecular weight is 214 g/mol. The molecule has 0 unspecified atom stereocenters. The number of hydrogen-bond acceptors (Lipinski definition) is 1. The summed E-state index contributed by atoms with van der Waals surface area (Å²) in [5.74, 6) is 11.7. The number of unbranched alkanes of at least 4 members (excludes halogenated alkanes) is 2. The summed E-state index contributed by atoms with van der Waals surface area (Å²) in [6.07, 6.45) is 9.80. The molecule has 0 aliphatic heterocycles. The van der Waals surface area contributed by atoms with Crippen LogP contribution in [-0.2, 0) is 4.79 Å². The van der Waals surface area contributed by atoms with E-state index in [4.69, 9.17) is 0 Å². The zero-order valence-corrected chi connectivity index (χ0v) is 9.94. The maximum Gasteiger partial charge on any atom is 0.202 e. The second-order valence-electron chi connectivity index (χ2n) is 3.99. The maximum atomic E-state index is 10.5. The van der Waals surface area contributed by atoms with Crippen molar-refractivity contribution < 1.29 is 4.79 Å². The van der Waals surface area contributed by atoms with E-state index in [1.807, 2.05) is 0 Å². The highest BCUT2D eigenvalue weighted by Crippen LogP contribution is 2.16. The predicted molar refractivity (Wildman–Crippen MR) is 66.6 cm³/mol. The molecule has 0 radical (unpaired) electrons. The first-order valence-electron chi connectivity index (χ1n) is 5.96. The third kappa shape index (κ3) is 6.10. The molecule has 1 aliphatic rings. The van der Waals surface area contributed by atoms with Gasteiger partial charge in [0, 0.05) is 19.8 Å². The molecule has 0 saturated heterocycles. The molecular formula is C15H18O.